The molecule has 0 aliphatic carbocycles. The molecular weight excluding hydrogens is 320 g/mol. The van der Waals surface area contributed by atoms with E-state index in [0.717, 1.165) is 0 Å². The Hall–Kier alpha value is -3.07. The summed E-state index contributed by atoms with van der Waals surface area (Å²) in [6.45, 7) is 1.71. The molecule has 0 amide bonds. The highest BCUT2D eigenvalue weighted by Crippen LogP contribution is 2.22. The van der Waals surface area contributed by atoms with Crippen molar-refractivity contribution < 1.29 is 9.85 Å². The first-order chi connectivity index (χ1) is 10.9. The number of hydrogen-bond acceptors (Lipinski definition) is 5. The Morgan fingerprint density at radius 1 is 1.00 bits per heavy atom. The first-order valence-electron chi connectivity index (χ1n) is 6.44. The lowest BCUT2D eigenvalue weighted by Gasteiger charge is -2.12. The number of nitrogens with zero attached hydrogens (tertiary/aromatic N) is 2. The maximum absolute atomic E-state index is 10.7. The smallest absolute Gasteiger partial charge is 0.271 e. The van der Waals surface area contributed by atoms with E-state index in [0.29, 0.717) is 16.9 Å². The van der Waals surface area contributed by atoms with Gasteiger partial charge in [0.2, 0.25) is 0 Å². The highest BCUT2D eigenvalue weighted by atomic mass is 32.1. The lowest BCUT2D eigenvalue weighted by atomic mass is 10.2. The second-order valence-corrected chi connectivity index (χ2v) is 5.05. The fraction of sp³-hybridized carbons (Fsp3) is 0.0714. The number of non-ortho nitro benzene ring substituents is 2. The van der Waals surface area contributed by atoms with Gasteiger partial charge in [0.25, 0.3) is 11.4 Å². The van der Waals surface area contributed by atoms with Crippen molar-refractivity contribution in [1.29, 1.82) is 0 Å². The van der Waals surface area contributed by atoms with Gasteiger partial charge in [0.15, 0.2) is 5.11 Å². The SMILES string of the molecule is Cc1cc([N+](=O)[O-])ccc1NC(=S)Nc1cccc([N+](=O)[O-])c1. The van der Waals surface area contributed by atoms with Crippen LogP contribution < -0.4 is 10.6 Å². The molecular formula is C14H12N4O4S. The molecule has 0 heterocycles. The van der Waals surface area contributed by atoms with E-state index in [4.69, 9.17) is 12.2 Å². The molecule has 0 atom stereocenters. The van der Waals surface area contributed by atoms with Gasteiger partial charge in [0.05, 0.1) is 9.85 Å². The van der Waals surface area contributed by atoms with Crippen molar-refractivity contribution in [2.45, 2.75) is 6.92 Å². The summed E-state index contributed by atoms with van der Waals surface area (Å²) in [6.07, 6.45) is 0. The predicted octanol–water partition coefficient (Wildman–Crippen LogP) is 3.62. The van der Waals surface area contributed by atoms with Gasteiger partial charge in [-0.15, -0.1) is 0 Å². The summed E-state index contributed by atoms with van der Waals surface area (Å²) in [6, 6.07) is 10.3. The van der Waals surface area contributed by atoms with Crippen LogP contribution in [0.3, 0.4) is 0 Å². The van der Waals surface area contributed by atoms with Gasteiger partial charge in [-0.3, -0.25) is 20.2 Å². The minimum absolute atomic E-state index is 0.00869. The Kier molecular flexibility index (Phi) is 4.82. The minimum Gasteiger partial charge on any atom is -0.332 e. The molecule has 2 N–H and O–H groups in total. The topological polar surface area (TPSA) is 110 Å². The molecule has 0 aromatic heterocycles. The number of rotatable bonds is 4. The maximum Gasteiger partial charge on any atom is 0.271 e. The molecule has 0 radical (unpaired) electrons. The quantitative estimate of drug-likeness (QED) is 0.500. The van der Waals surface area contributed by atoms with Crippen LogP contribution in [0.4, 0.5) is 22.7 Å². The van der Waals surface area contributed by atoms with E-state index in [9.17, 15) is 20.2 Å². The van der Waals surface area contributed by atoms with Crippen LogP contribution in [0.5, 0.6) is 0 Å². The highest BCUT2D eigenvalue weighted by molar-refractivity contribution is 7.80. The summed E-state index contributed by atoms with van der Waals surface area (Å²) in [7, 11) is 0. The number of hydrogen-bond donors (Lipinski definition) is 2. The normalized spacial score (nSPS) is 9.96. The molecule has 2 aromatic rings. The molecule has 0 spiro atoms. The number of thiocarbonyl (C=S) groups is 1. The lowest BCUT2D eigenvalue weighted by Crippen LogP contribution is -2.19. The Labute approximate surface area is 136 Å². The number of benzene rings is 2. The van der Waals surface area contributed by atoms with Crippen LogP contribution in [-0.2, 0) is 0 Å². The summed E-state index contributed by atoms with van der Waals surface area (Å²) in [5.74, 6) is 0. The van der Waals surface area contributed by atoms with Crippen molar-refractivity contribution in [3.05, 3.63) is 68.3 Å². The number of nitrogens with one attached hydrogen (secondary N) is 2. The Bertz CT molecular complexity index is 794. The molecule has 0 unspecified atom stereocenters. The summed E-state index contributed by atoms with van der Waals surface area (Å²) in [5, 5.41) is 27.4. The van der Waals surface area contributed by atoms with Gasteiger partial charge in [-0.05, 0) is 36.8 Å². The van der Waals surface area contributed by atoms with Crippen LogP contribution in [0.1, 0.15) is 5.56 Å². The number of nitro benzene ring substituents is 2. The first kappa shape index (κ1) is 16.3. The summed E-state index contributed by atoms with van der Waals surface area (Å²) >= 11 is 5.15. The van der Waals surface area contributed by atoms with E-state index < -0.39 is 9.85 Å². The van der Waals surface area contributed by atoms with E-state index in [1.54, 1.807) is 25.1 Å². The summed E-state index contributed by atoms with van der Waals surface area (Å²) in [5.41, 5.74) is 1.67. The Balaban J connectivity index is 2.09. The number of nitro groups is 2. The van der Waals surface area contributed by atoms with E-state index in [1.807, 2.05) is 0 Å². The Morgan fingerprint density at radius 3 is 2.26 bits per heavy atom. The monoisotopic (exact) mass is 332 g/mol. The van der Waals surface area contributed by atoms with Crippen LogP contribution in [0.15, 0.2) is 42.5 Å². The zero-order valence-corrected chi connectivity index (χ0v) is 12.8. The number of anilines is 2. The van der Waals surface area contributed by atoms with Crippen molar-refractivity contribution in [3.63, 3.8) is 0 Å². The van der Waals surface area contributed by atoms with E-state index >= 15 is 0 Å². The van der Waals surface area contributed by atoms with Crippen molar-refractivity contribution in [3.8, 4) is 0 Å². The highest BCUT2D eigenvalue weighted by Gasteiger charge is 2.10. The van der Waals surface area contributed by atoms with Crippen LogP contribution >= 0.6 is 12.2 Å². The molecule has 118 valence electrons. The number of aryl methyl sites for hydroxylation is 1. The molecule has 2 aromatic carbocycles. The van der Waals surface area contributed by atoms with Gasteiger partial charge in [-0.25, -0.2) is 0 Å². The molecule has 2 rings (SSSR count). The lowest BCUT2D eigenvalue weighted by molar-refractivity contribution is -0.385. The van der Waals surface area contributed by atoms with Crippen LogP contribution in [0, 0.1) is 27.2 Å². The van der Waals surface area contributed by atoms with Gasteiger partial charge in [0, 0.05) is 35.6 Å². The first-order valence-corrected chi connectivity index (χ1v) is 6.85. The van der Waals surface area contributed by atoms with Crippen LogP contribution in [-0.4, -0.2) is 15.0 Å². The van der Waals surface area contributed by atoms with Gasteiger partial charge < -0.3 is 10.6 Å². The average Bonchev–Trinajstić information content (AvgIpc) is 2.49. The fourth-order valence-corrected chi connectivity index (χ4v) is 2.11. The van der Waals surface area contributed by atoms with Crippen LogP contribution in [0.25, 0.3) is 0 Å². The van der Waals surface area contributed by atoms with Gasteiger partial charge >= 0.3 is 0 Å². The second kappa shape index (κ2) is 6.79. The molecule has 0 saturated heterocycles. The van der Waals surface area contributed by atoms with E-state index in [-0.39, 0.29) is 16.5 Å². The molecule has 8 nitrogen and oxygen atoms in total. The molecule has 0 bridgehead atoms. The van der Waals surface area contributed by atoms with Crippen molar-refractivity contribution in [2.75, 3.05) is 10.6 Å². The van der Waals surface area contributed by atoms with Gasteiger partial charge in [-0.2, -0.15) is 0 Å². The standard InChI is InChI=1S/C14H12N4O4S/c1-9-7-12(18(21)22)5-6-13(9)16-14(23)15-10-3-2-4-11(8-10)17(19)20/h2-8H,1H3,(H2,15,16,23). The van der Waals surface area contributed by atoms with Gasteiger partial charge in [0.1, 0.15) is 0 Å². The zero-order valence-electron chi connectivity index (χ0n) is 12.0. The third-order valence-electron chi connectivity index (χ3n) is 2.98. The third-order valence-corrected chi connectivity index (χ3v) is 3.19. The second-order valence-electron chi connectivity index (χ2n) is 4.64. The summed E-state index contributed by atoms with van der Waals surface area (Å²) < 4.78 is 0. The third kappa shape index (κ3) is 4.20. The molecule has 0 fully saturated rings. The molecule has 9 heteroatoms. The zero-order chi connectivity index (χ0) is 17.0. The van der Waals surface area contributed by atoms with Crippen molar-refractivity contribution in [2.24, 2.45) is 0 Å². The van der Waals surface area contributed by atoms with Crippen molar-refractivity contribution >= 4 is 40.1 Å². The van der Waals surface area contributed by atoms with Crippen molar-refractivity contribution in [1.82, 2.24) is 0 Å². The molecule has 0 aliphatic heterocycles. The molecule has 0 aliphatic rings. The predicted molar refractivity (Wildman–Crippen MR) is 90.8 cm³/mol. The average molecular weight is 332 g/mol. The van der Waals surface area contributed by atoms with Crippen LogP contribution in [0.2, 0.25) is 0 Å². The Morgan fingerprint density at radius 2 is 1.65 bits per heavy atom. The minimum atomic E-state index is -0.498. The summed E-state index contributed by atoms with van der Waals surface area (Å²) in [4.78, 5) is 20.5. The fourth-order valence-electron chi connectivity index (χ4n) is 1.88. The maximum atomic E-state index is 10.7. The van der Waals surface area contributed by atoms with E-state index in [1.165, 1.54) is 24.3 Å². The molecule has 0 saturated carbocycles. The van der Waals surface area contributed by atoms with E-state index in [2.05, 4.69) is 10.6 Å². The molecule has 23 heavy (non-hydrogen) atoms. The van der Waals surface area contributed by atoms with Gasteiger partial charge in [-0.1, -0.05) is 6.07 Å². The largest absolute Gasteiger partial charge is 0.332 e.